The van der Waals surface area contributed by atoms with E-state index in [2.05, 4.69) is 9.73 Å². The van der Waals surface area contributed by atoms with Crippen molar-refractivity contribution in [2.75, 3.05) is 20.3 Å². The van der Waals surface area contributed by atoms with E-state index in [4.69, 9.17) is 9.47 Å². The monoisotopic (exact) mass is 415 g/mol. The first-order chi connectivity index (χ1) is 13.5. The molecule has 1 aliphatic rings. The van der Waals surface area contributed by atoms with Crippen LogP contribution in [0.1, 0.15) is 25.3 Å². The van der Waals surface area contributed by atoms with Crippen LogP contribution >= 0.6 is 0 Å². The summed E-state index contributed by atoms with van der Waals surface area (Å²) in [6.45, 7) is 3.05. The molecule has 0 fully saturated rings. The molecule has 2 unspecified atom stereocenters. The lowest BCUT2D eigenvalue weighted by atomic mass is 9.75. The van der Waals surface area contributed by atoms with Gasteiger partial charge in [-0.25, -0.2) is 4.79 Å². The van der Waals surface area contributed by atoms with Crippen molar-refractivity contribution in [1.29, 1.82) is 0 Å². The Hall–Kier alpha value is -2.88. The summed E-state index contributed by atoms with van der Waals surface area (Å²) >= 11 is 0. The number of esters is 1. The van der Waals surface area contributed by atoms with Crippen molar-refractivity contribution in [3.63, 3.8) is 0 Å². The number of methoxy groups -OCH3 is 1. The lowest BCUT2D eigenvalue weighted by Crippen LogP contribution is -2.35. The number of halogens is 3. The van der Waals surface area contributed by atoms with Crippen LogP contribution in [0.2, 0.25) is 0 Å². The maximum absolute atomic E-state index is 12.6. The summed E-state index contributed by atoms with van der Waals surface area (Å²) in [5.41, 5.74) is 0.569. The highest BCUT2D eigenvalue weighted by Gasteiger charge is 2.42. The van der Waals surface area contributed by atoms with Gasteiger partial charge in [-0.3, -0.25) is 9.79 Å². The molecule has 0 saturated carbocycles. The van der Waals surface area contributed by atoms with Gasteiger partial charge in [0.2, 0.25) is 0 Å². The number of carboxylic acids is 1. The second kappa shape index (κ2) is 9.08. The van der Waals surface area contributed by atoms with Gasteiger partial charge in [0.25, 0.3) is 0 Å². The first kappa shape index (κ1) is 22.4. The lowest BCUT2D eigenvalue weighted by molar-refractivity contribution is -0.274. The second-order valence-corrected chi connectivity index (χ2v) is 6.29. The molecular weight excluding hydrogens is 395 g/mol. The van der Waals surface area contributed by atoms with Gasteiger partial charge in [0.1, 0.15) is 18.3 Å². The van der Waals surface area contributed by atoms with Gasteiger partial charge in [-0.2, -0.15) is 0 Å². The lowest BCUT2D eigenvalue weighted by Gasteiger charge is -2.30. The maximum atomic E-state index is 12.6. The van der Waals surface area contributed by atoms with E-state index in [1.54, 1.807) is 0 Å². The number of nitrogens with zero attached hydrogens (tertiary/aromatic N) is 1. The molecule has 10 heteroatoms. The van der Waals surface area contributed by atoms with Gasteiger partial charge in [-0.15, -0.1) is 13.2 Å². The highest BCUT2D eigenvalue weighted by molar-refractivity contribution is 6.06. The van der Waals surface area contributed by atoms with Crippen LogP contribution < -0.4 is 4.74 Å². The van der Waals surface area contributed by atoms with Gasteiger partial charge >= 0.3 is 18.3 Å². The fourth-order valence-electron chi connectivity index (χ4n) is 3.18. The van der Waals surface area contributed by atoms with Gasteiger partial charge in [-0.1, -0.05) is 12.1 Å². The quantitative estimate of drug-likeness (QED) is 0.542. The molecule has 1 aliphatic heterocycles. The number of aliphatic carboxylic acids is 1. The minimum Gasteiger partial charge on any atom is -0.481 e. The maximum Gasteiger partial charge on any atom is 0.573 e. The highest BCUT2D eigenvalue weighted by Crippen LogP contribution is 2.41. The van der Waals surface area contributed by atoms with Crippen LogP contribution in [0.4, 0.5) is 13.2 Å². The van der Waals surface area contributed by atoms with E-state index in [1.807, 2.05) is 0 Å². The zero-order valence-electron chi connectivity index (χ0n) is 15.9. The summed E-state index contributed by atoms with van der Waals surface area (Å²) in [7, 11) is 1.42. The van der Waals surface area contributed by atoms with E-state index in [9.17, 15) is 27.9 Å². The van der Waals surface area contributed by atoms with E-state index in [-0.39, 0.29) is 35.8 Å². The third kappa shape index (κ3) is 5.57. The van der Waals surface area contributed by atoms with Gasteiger partial charge < -0.3 is 19.3 Å². The van der Waals surface area contributed by atoms with E-state index >= 15 is 0 Å². The molecule has 1 aromatic rings. The van der Waals surface area contributed by atoms with Crippen molar-refractivity contribution >= 4 is 17.7 Å². The Kier molecular flexibility index (Phi) is 7.02. The summed E-state index contributed by atoms with van der Waals surface area (Å²) in [6.07, 6.45) is -4.91. The largest absolute Gasteiger partial charge is 0.573 e. The van der Waals surface area contributed by atoms with E-state index in [0.29, 0.717) is 0 Å². The van der Waals surface area contributed by atoms with Crippen LogP contribution in [-0.4, -0.2) is 49.4 Å². The van der Waals surface area contributed by atoms with Crippen LogP contribution in [0.3, 0.4) is 0 Å². The number of aliphatic imine (C=N–C) groups is 1. The SMILES string of the molecule is COCCOC(=O)C1=C(C)N=C(C)C(C(=O)O)C1c1cccc(OC(F)(F)F)c1. The fourth-order valence-corrected chi connectivity index (χ4v) is 3.18. The Bertz CT molecular complexity index is 847. The zero-order chi connectivity index (χ0) is 21.8. The molecule has 1 N–H and O–H groups in total. The Morgan fingerprint density at radius 1 is 1.21 bits per heavy atom. The second-order valence-electron chi connectivity index (χ2n) is 6.29. The van der Waals surface area contributed by atoms with Crippen molar-refractivity contribution < 1.29 is 42.1 Å². The average molecular weight is 415 g/mol. The van der Waals surface area contributed by atoms with E-state index in [1.165, 1.54) is 33.1 Å². The standard InChI is InChI=1S/C19H20F3NO6/c1-10-14(17(24)25)16(12-5-4-6-13(9-12)29-19(20,21)22)15(11(2)23-10)18(26)28-8-7-27-3/h4-6,9,14,16H,7-8H2,1-3H3,(H,24,25). The molecule has 2 atom stereocenters. The Morgan fingerprint density at radius 2 is 1.90 bits per heavy atom. The number of benzene rings is 1. The minimum absolute atomic E-state index is 0.0386. The zero-order valence-corrected chi connectivity index (χ0v) is 15.9. The molecule has 2 rings (SSSR count). The average Bonchev–Trinajstić information content (AvgIpc) is 2.59. The first-order valence-electron chi connectivity index (χ1n) is 8.55. The fraction of sp³-hybridized carbons (Fsp3) is 0.421. The predicted molar refractivity (Wildman–Crippen MR) is 95.6 cm³/mol. The van der Waals surface area contributed by atoms with Crippen molar-refractivity contribution in [2.24, 2.45) is 10.9 Å². The summed E-state index contributed by atoms with van der Waals surface area (Å²) in [5.74, 6) is -4.96. The Morgan fingerprint density at radius 3 is 2.48 bits per heavy atom. The Balaban J connectivity index is 2.53. The number of allylic oxidation sites excluding steroid dienone is 1. The van der Waals surface area contributed by atoms with E-state index < -0.39 is 35.9 Å². The van der Waals surface area contributed by atoms with Crippen LogP contribution in [0.15, 0.2) is 40.5 Å². The molecule has 29 heavy (non-hydrogen) atoms. The van der Waals surface area contributed by atoms with Crippen molar-refractivity contribution in [3.8, 4) is 5.75 Å². The van der Waals surface area contributed by atoms with Crippen molar-refractivity contribution in [3.05, 3.63) is 41.1 Å². The smallest absolute Gasteiger partial charge is 0.481 e. The molecule has 7 nitrogen and oxygen atoms in total. The van der Waals surface area contributed by atoms with Crippen molar-refractivity contribution in [2.45, 2.75) is 26.1 Å². The Labute approximate surface area is 164 Å². The van der Waals surface area contributed by atoms with Crippen LogP contribution in [0, 0.1) is 5.92 Å². The first-order valence-corrected chi connectivity index (χ1v) is 8.55. The summed E-state index contributed by atoms with van der Waals surface area (Å²) in [6, 6.07) is 4.86. The number of carbonyl (C=O) groups excluding carboxylic acids is 1. The normalized spacial score (nSPS) is 19.6. The van der Waals surface area contributed by atoms with E-state index in [0.717, 1.165) is 12.1 Å². The molecule has 0 amide bonds. The van der Waals surface area contributed by atoms with Gasteiger partial charge in [0.05, 0.1) is 12.2 Å². The van der Waals surface area contributed by atoms with Crippen molar-refractivity contribution in [1.82, 2.24) is 0 Å². The molecule has 0 aliphatic carbocycles. The number of carboxylic acid groups (broad SMARTS) is 1. The number of hydrogen-bond acceptors (Lipinski definition) is 6. The minimum atomic E-state index is -4.91. The molecule has 0 bridgehead atoms. The highest BCUT2D eigenvalue weighted by atomic mass is 19.4. The van der Waals surface area contributed by atoms with Crippen LogP contribution in [0.25, 0.3) is 0 Å². The number of ether oxygens (including phenoxy) is 3. The molecule has 1 aromatic carbocycles. The molecule has 0 spiro atoms. The van der Waals surface area contributed by atoms with Gasteiger partial charge in [0.15, 0.2) is 0 Å². The third-order valence-corrected chi connectivity index (χ3v) is 4.29. The van der Waals surface area contributed by atoms with Crippen LogP contribution in [0.5, 0.6) is 5.75 Å². The molecule has 0 saturated heterocycles. The molecule has 158 valence electrons. The number of alkyl halides is 3. The molecular formula is C19H20F3NO6. The molecule has 0 radical (unpaired) electrons. The molecule has 0 aromatic heterocycles. The number of hydrogen-bond donors (Lipinski definition) is 1. The summed E-state index contributed by atoms with van der Waals surface area (Å²) in [5, 5.41) is 9.71. The summed E-state index contributed by atoms with van der Waals surface area (Å²) < 4.78 is 51.6. The predicted octanol–water partition coefficient (Wildman–Crippen LogP) is 3.31. The number of rotatable bonds is 7. The summed E-state index contributed by atoms with van der Waals surface area (Å²) in [4.78, 5) is 28.7. The number of carbonyl (C=O) groups is 2. The van der Waals surface area contributed by atoms with Crippen LogP contribution in [-0.2, 0) is 19.1 Å². The van der Waals surface area contributed by atoms with Gasteiger partial charge in [0, 0.05) is 24.4 Å². The third-order valence-electron chi connectivity index (χ3n) is 4.29. The molecule has 1 heterocycles. The topological polar surface area (TPSA) is 94.4 Å². The van der Waals surface area contributed by atoms with Gasteiger partial charge in [-0.05, 0) is 31.5 Å².